The molecule has 0 saturated carbocycles. The average molecular weight is 402 g/mol. The van der Waals surface area contributed by atoms with Crippen LogP contribution in [0.4, 0.5) is 5.82 Å². The lowest BCUT2D eigenvalue weighted by atomic mass is 9.95. The van der Waals surface area contributed by atoms with E-state index in [-0.39, 0.29) is 11.8 Å². The lowest BCUT2D eigenvalue weighted by Crippen LogP contribution is -2.38. The Hall–Kier alpha value is -3.62. The summed E-state index contributed by atoms with van der Waals surface area (Å²) in [5, 5.41) is 13.3. The highest BCUT2D eigenvalue weighted by atomic mass is 16.2. The van der Waals surface area contributed by atoms with Gasteiger partial charge < -0.3 is 9.80 Å². The van der Waals surface area contributed by atoms with Crippen LogP contribution in [0.2, 0.25) is 0 Å². The summed E-state index contributed by atoms with van der Waals surface area (Å²) in [6.07, 6.45) is 4.95. The highest BCUT2D eigenvalue weighted by molar-refractivity contribution is 5.97. The Morgan fingerprint density at radius 1 is 1.00 bits per heavy atom. The SMILES string of the molecule is CN(C)c1ccc2nnc(C3CCN(C(=O)c4ccc5nccnc5c4)CC3)n2n1. The molecule has 3 aromatic heterocycles. The molecule has 1 saturated heterocycles. The smallest absolute Gasteiger partial charge is 0.253 e. The lowest BCUT2D eigenvalue weighted by Gasteiger charge is -2.31. The van der Waals surface area contributed by atoms with Gasteiger partial charge in [0.25, 0.3) is 5.91 Å². The predicted octanol–water partition coefficient (Wildman–Crippen LogP) is 2.15. The lowest BCUT2D eigenvalue weighted by molar-refractivity contribution is 0.0711. The molecule has 0 bridgehead atoms. The van der Waals surface area contributed by atoms with Crippen molar-refractivity contribution in [3.05, 3.63) is 54.1 Å². The second-order valence-corrected chi connectivity index (χ2v) is 7.74. The molecule has 1 fully saturated rings. The fourth-order valence-corrected chi connectivity index (χ4v) is 3.91. The van der Waals surface area contributed by atoms with Gasteiger partial charge in [0.05, 0.1) is 11.0 Å². The minimum absolute atomic E-state index is 0.0279. The van der Waals surface area contributed by atoms with Crippen molar-refractivity contribution in [1.82, 2.24) is 34.7 Å². The maximum Gasteiger partial charge on any atom is 0.253 e. The van der Waals surface area contributed by atoms with Gasteiger partial charge in [0.2, 0.25) is 0 Å². The summed E-state index contributed by atoms with van der Waals surface area (Å²) in [4.78, 5) is 25.4. The van der Waals surface area contributed by atoms with Gasteiger partial charge in [-0.2, -0.15) is 4.52 Å². The number of benzene rings is 1. The molecule has 30 heavy (non-hydrogen) atoms. The van der Waals surface area contributed by atoms with Crippen molar-refractivity contribution >= 4 is 28.4 Å². The van der Waals surface area contributed by atoms with Crippen LogP contribution in [0, 0.1) is 0 Å². The van der Waals surface area contributed by atoms with Gasteiger partial charge in [0.1, 0.15) is 5.82 Å². The van der Waals surface area contributed by atoms with Gasteiger partial charge in [0, 0.05) is 51.1 Å². The highest BCUT2D eigenvalue weighted by Crippen LogP contribution is 2.28. The number of nitrogens with zero attached hydrogens (tertiary/aromatic N) is 8. The molecule has 1 aromatic carbocycles. The van der Waals surface area contributed by atoms with Crippen molar-refractivity contribution in [1.29, 1.82) is 0 Å². The fraction of sp³-hybridized carbons (Fsp3) is 0.333. The number of piperidine rings is 1. The minimum atomic E-state index is 0.0279. The van der Waals surface area contributed by atoms with Gasteiger partial charge in [0.15, 0.2) is 11.5 Å². The summed E-state index contributed by atoms with van der Waals surface area (Å²) in [6.45, 7) is 1.34. The quantitative estimate of drug-likeness (QED) is 0.518. The Kier molecular flexibility index (Phi) is 4.50. The maximum absolute atomic E-state index is 13.0. The van der Waals surface area contributed by atoms with Gasteiger partial charge in [-0.3, -0.25) is 14.8 Å². The number of carbonyl (C=O) groups is 1. The van der Waals surface area contributed by atoms with Crippen molar-refractivity contribution in [2.75, 3.05) is 32.1 Å². The van der Waals surface area contributed by atoms with Gasteiger partial charge in [-0.25, -0.2) is 0 Å². The van der Waals surface area contributed by atoms with Crippen molar-refractivity contribution in [2.24, 2.45) is 0 Å². The molecule has 9 heteroatoms. The van der Waals surface area contributed by atoms with Crippen molar-refractivity contribution < 1.29 is 4.79 Å². The van der Waals surface area contributed by atoms with Gasteiger partial charge in [-0.1, -0.05) is 0 Å². The molecule has 0 N–H and O–H groups in total. The van der Waals surface area contributed by atoms with Gasteiger partial charge in [-0.15, -0.1) is 15.3 Å². The summed E-state index contributed by atoms with van der Waals surface area (Å²) in [6, 6.07) is 9.35. The van der Waals surface area contributed by atoms with E-state index >= 15 is 0 Å². The van der Waals surface area contributed by atoms with Crippen LogP contribution in [0.25, 0.3) is 16.7 Å². The van der Waals surface area contributed by atoms with Crippen LogP contribution < -0.4 is 4.90 Å². The largest absolute Gasteiger partial charge is 0.361 e. The zero-order chi connectivity index (χ0) is 20.7. The summed E-state index contributed by atoms with van der Waals surface area (Å²) in [7, 11) is 3.92. The first-order valence-corrected chi connectivity index (χ1v) is 10.00. The molecule has 0 spiro atoms. The monoisotopic (exact) mass is 402 g/mol. The van der Waals surface area contributed by atoms with E-state index < -0.39 is 0 Å². The topological polar surface area (TPSA) is 92.4 Å². The molecule has 9 nitrogen and oxygen atoms in total. The van der Waals surface area contributed by atoms with Crippen molar-refractivity contribution in [2.45, 2.75) is 18.8 Å². The minimum Gasteiger partial charge on any atom is -0.361 e. The van der Waals surface area contributed by atoms with E-state index in [1.807, 2.05) is 58.7 Å². The van der Waals surface area contributed by atoms with Gasteiger partial charge >= 0.3 is 0 Å². The third kappa shape index (κ3) is 3.22. The molecular formula is C21H22N8O. The van der Waals surface area contributed by atoms with E-state index in [1.165, 1.54) is 0 Å². The third-order valence-corrected chi connectivity index (χ3v) is 5.59. The Labute approximate surface area is 173 Å². The number of amides is 1. The predicted molar refractivity (Wildman–Crippen MR) is 113 cm³/mol. The molecule has 1 aliphatic rings. The first kappa shape index (κ1) is 18.4. The number of hydrogen-bond acceptors (Lipinski definition) is 7. The molecule has 0 aliphatic carbocycles. The molecule has 1 amide bonds. The molecule has 0 atom stereocenters. The second-order valence-electron chi connectivity index (χ2n) is 7.74. The number of likely N-dealkylation sites (tertiary alicyclic amines) is 1. The number of carbonyl (C=O) groups excluding carboxylic acids is 1. The molecule has 4 aromatic rings. The standard InChI is InChI=1S/C21H22N8O/c1-27(2)19-6-5-18-24-25-20(29(18)26-19)14-7-11-28(12-8-14)21(30)15-3-4-16-17(13-15)23-10-9-22-16/h3-6,9-10,13-14H,7-8,11-12H2,1-2H3. The summed E-state index contributed by atoms with van der Waals surface area (Å²) < 4.78 is 1.83. The van der Waals surface area contributed by atoms with E-state index in [1.54, 1.807) is 12.4 Å². The van der Waals surface area contributed by atoms with Crippen LogP contribution in [0.15, 0.2) is 42.7 Å². The number of fused-ring (bicyclic) bond motifs is 2. The van der Waals surface area contributed by atoms with Crippen molar-refractivity contribution in [3.63, 3.8) is 0 Å². The number of aromatic nitrogens is 6. The van der Waals surface area contributed by atoms with E-state index in [0.29, 0.717) is 18.7 Å². The van der Waals surface area contributed by atoms with Gasteiger partial charge in [-0.05, 0) is 43.2 Å². The Balaban J connectivity index is 1.33. The van der Waals surface area contributed by atoms with Crippen LogP contribution in [0.1, 0.15) is 34.9 Å². The summed E-state index contributed by atoms with van der Waals surface area (Å²) >= 11 is 0. The van der Waals surface area contributed by atoms with Crippen LogP contribution in [-0.2, 0) is 0 Å². The second kappa shape index (κ2) is 7.33. The summed E-state index contributed by atoms with van der Waals surface area (Å²) in [5.74, 6) is 1.97. The van der Waals surface area contributed by atoms with Crippen molar-refractivity contribution in [3.8, 4) is 0 Å². The molecule has 0 radical (unpaired) electrons. The van der Waals surface area contributed by atoms with E-state index in [0.717, 1.165) is 41.2 Å². The zero-order valence-electron chi connectivity index (χ0n) is 16.9. The molecule has 4 heterocycles. The third-order valence-electron chi connectivity index (χ3n) is 5.59. The molecule has 5 rings (SSSR count). The summed E-state index contributed by atoms with van der Waals surface area (Å²) in [5.41, 5.74) is 2.91. The van der Waals surface area contributed by atoms with E-state index in [2.05, 4.69) is 25.3 Å². The maximum atomic E-state index is 13.0. The Morgan fingerprint density at radius 2 is 1.77 bits per heavy atom. The average Bonchev–Trinajstić information content (AvgIpc) is 3.21. The van der Waals surface area contributed by atoms with Crippen LogP contribution in [0.3, 0.4) is 0 Å². The first-order chi connectivity index (χ1) is 14.6. The number of rotatable bonds is 3. The Bertz CT molecular complexity index is 1230. The molecule has 1 aliphatic heterocycles. The van der Waals surface area contributed by atoms with Crippen LogP contribution >= 0.6 is 0 Å². The number of anilines is 1. The normalized spacial score (nSPS) is 15.1. The van der Waals surface area contributed by atoms with Crippen LogP contribution in [0.5, 0.6) is 0 Å². The number of hydrogen-bond donors (Lipinski definition) is 0. The molecule has 152 valence electrons. The fourth-order valence-electron chi connectivity index (χ4n) is 3.91. The zero-order valence-corrected chi connectivity index (χ0v) is 16.9. The van der Waals surface area contributed by atoms with Crippen LogP contribution in [-0.4, -0.2) is 67.8 Å². The van der Waals surface area contributed by atoms with E-state index in [9.17, 15) is 4.79 Å². The Morgan fingerprint density at radius 3 is 2.53 bits per heavy atom. The first-order valence-electron chi connectivity index (χ1n) is 10.00. The molecule has 0 unspecified atom stereocenters. The molecular weight excluding hydrogens is 380 g/mol. The highest BCUT2D eigenvalue weighted by Gasteiger charge is 2.28. The van der Waals surface area contributed by atoms with E-state index in [4.69, 9.17) is 0 Å².